The van der Waals surface area contributed by atoms with Crippen LogP contribution in [0.3, 0.4) is 0 Å². The first kappa shape index (κ1) is 8.02. The fraction of sp³-hybridized carbons (Fsp3) is 1.00. The van der Waals surface area contributed by atoms with E-state index in [-0.39, 0.29) is 6.10 Å². The Morgan fingerprint density at radius 2 is 2.30 bits per heavy atom. The second kappa shape index (κ2) is 3.94. The summed E-state index contributed by atoms with van der Waals surface area (Å²) in [5.41, 5.74) is 0. The van der Waals surface area contributed by atoms with Crippen molar-refractivity contribution < 1.29 is 5.11 Å². The zero-order valence-corrected chi connectivity index (χ0v) is 6.64. The molecule has 0 aromatic heterocycles. The van der Waals surface area contributed by atoms with Gasteiger partial charge in [-0.05, 0) is 19.3 Å². The van der Waals surface area contributed by atoms with Crippen LogP contribution < -0.4 is 5.32 Å². The van der Waals surface area contributed by atoms with Gasteiger partial charge < -0.3 is 10.4 Å². The molecule has 2 atom stereocenters. The molecule has 60 valence electrons. The van der Waals surface area contributed by atoms with Gasteiger partial charge in [0.15, 0.2) is 0 Å². The fourth-order valence-corrected chi connectivity index (χ4v) is 1.50. The molecule has 0 unspecified atom stereocenters. The summed E-state index contributed by atoms with van der Waals surface area (Å²) in [6.45, 7) is 3.00. The average Bonchev–Trinajstić information content (AvgIpc) is 1.95. The first-order chi connectivity index (χ1) is 4.83. The maximum Gasteiger partial charge on any atom is 0.0665 e. The maximum atomic E-state index is 9.13. The summed E-state index contributed by atoms with van der Waals surface area (Å²) in [5, 5.41) is 12.5. The van der Waals surface area contributed by atoms with Crippen LogP contribution in [0, 0.1) is 0 Å². The highest BCUT2D eigenvalue weighted by molar-refractivity contribution is 4.76. The Morgan fingerprint density at radius 1 is 1.50 bits per heavy atom. The number of aliphatic hydroxyl groups is 1. The van der Waals surface area contributed by atoms with Crippen molar-refractivity contribution in [1.29, 1.82) is 0 Å². The van der Waals surface area contributed by atoms with Crippen molar-refractivity contribution >= 4 is 0 Å². The number of nitrogens with one attached hydrogen (secondary N) is 1. The van der Waals surface area contributed by atoms with Crippen LogP contribution >= 0.6 is 0 Å². The monoisotopic (exact) mass is 143 g/mol. The third-order valence-electron chi connectivity index (χ3n) is 2.13. The lowest BCUT2D eigenvalue weighted by Gasteiger charge is -2.26. The summed E-state index contributed by atoms with van der Waals surface area (Å²) < 4.78 is 0. The lowest BCUT2D eigenvalue weighted by molar-refractivity contribution is 0.124. The summed E-state index contributed by atoms with van der Waals surface area (Å²) in [4.78, 5) is 0. The van der Waals surface area contributed by atoms with E-state index in [9.17, 15) is 0 Å². The quantitative estimate of drug-likeness (QED) is 0.602. The number of rotatable bonds is 2. The summed E-state index contributed by atoms with van der Waals surface area (Å²) in [6.07, 6.45) is 4.54. The molecule has 1 heterocycles. The van der Waals surface area contributed by atoms with Gasteiger partial charge in [-0.25, -0.2) is 0 Å². The second-order valence-corrected chi connectivity index (χ2v) is 3.13. The molecule has 0 aromatic rings. The van der Waals surface area contributed by atoms with E-state index in [1.165, 1.54) is 12.8 Å². The third kappa shape index (κ3) is 2.27. The molecular weight excluding hydrogens is 126 g/mol. The van der Waals surface area contributed by atoms with E-state index in [1.54, 1.807) is 0 Å². The molecule has 1 fully saturated rings. The van der Waals surface area contributed by atoms with Gasteiger partial charge in [0.25, 0.3) is 0 Å². The Morgan fingerprint density at radius 3 is 2.80 bits per heavy atom. The number of aliphatic hydroxyl groups excluding tert-OH is 1. The summed E-state index contributed by atoms with van der Waals surface area (Å²) in [7, 11) is 0. The molecule has 0 aliphatic carbocycles. The number of piperidine rings is 1. The summed E-state index contributed by atoms with van der Waals surface area (Å²) >= 11 is 0. The minimum atomic E-state index is -0.0897. The molecule has 0 saturated carbocycles. The van der Waals surface area contributed by atoms with E-state index in [0.29, 0.717) is 6.04 Å². The molecule has 0 radical (unpaired) electrons. The molecule has 2 N–H and O–H groups in total. The molecule has 0 amide bonds. The van der Waals surface area contributed by atoms with Gasteiger partial charge in [0, 0.05) is 12.6 Å². The Hall–Kier alpha value is -0.0800. The number of β-amino-alcohol motifs (C(OH)–C–C–N with tert-alkyl or cyclic N) is 1. The molecule has 0 spiro atoms. The summed E-state index contributed by atoms with van der Waals surface area (Å²) in [5.74, 6) is 0. The van der Waals surface area contributed by atoms with Crippen LogP contribution in [0.1, 0.15) is 32.6 Å². The van der Waals surface area contributed by atoms with Gasteiger partial charge >= 0.3 is 0 Å². The number of hydrogen-bond acceptors (Lipinski definition) is 2. The van der Waals surface area contributed by atoms with E-state index < -0.39 is 0 Å². The first-order valence-corrected chi connectivity index (χ1v) is 4.24. The molecule has 2 heteroatoms. The smallest absolute Gasteiger partial charge is 0.0665 e. The lowest BCUT2D eigenvalue weighted by atomic mass is 9.99. The van der Waals surface area contributed by atoms with Crippen LogP contribution in [0.2, 0.25) is 0 Å². The molecule has 0 bridgehead atoms. The molecule has 1 saturated heterocycles. The Balaban J connectivity index is 2.13. The van der Waals surface area contributed by atoms with Gasteiger partial charge in [-0.2, -0.15) is 0 Å². The van der Waals surface area contributed by atoms with Gasteiger partial charge in [-0.15, -0.1) is 0 Å². The Bertz CT molecular complexity index is 87.3. The highest BCUT2D eigenvalue weighted by Crippen LogP contribution is 2.11. The Labute approximate surface area is 62.6 Å². The third-order valence-corrected chi connectivity index (χ3v) is 2.13. The predicted molar refractivity (Wildman–Crippen MR) is 41.9 cm³/mol. The predicted octanol–water partition coefficient (Wildman–Crippen LogP) is 0.899. The van der Waals surface area contributed by atoms with Gasteiger partial charge in [-0.3, -0.25) is 0 Å². The highest BCUT2D eigenvalue weighted by Gasteiger charge is 2.16. The van der Waals surface area contributed by atoms with Crippen molar-refractivity contribution in [2.24, 2.45) is 0 Å². The molecular formula is C8H17NO. The molecule has 1 aliphatic heterocycles. The van der Waals surface area contributed by atoms with Crippen molar-refractivity contribution in [3.63, 3.8) is 0 Å². The van der Waals surface area contributed by atoms with Crippen molar-refractivity contribution in [3.8, 4) is 0 Å². The van der Waals surface area contributed by atoms with E-state index in [1.807, 2.05) is 0 Å². The summed E-state index contributed by atoms with van der Waals surface area (Å²) in [6, 6.07) is 0.674. The standard InChI is InChI=1S/C8H17NO/c1-2-3-7-4-5-8(10)6-9-7/h7-10H,2-6H2,1H3/t7-,8-/m0/s1. The maximum absolute atomic E-state index is 9.13. The van der Waals surface area contributed by atoms with E-state index in [0.717, 1.165) is 19.4 Å². The largest absolute Gasteiger partial charge is 0.392 e. The minimum Gasteiger partial charge on any atom is -0.392 e. The lowest BCUT2D eigenvalue weighted by Crippen LogP contribution is -2.41. The zero-order chi connectivity index (χ0) is 7.40. The van der Waals surface area contributed by atoms with Crippen molar-refractivity contribution in [3.05, 3.63) is 0 Å². The molecule has 1 aliphatic rings. The zero-order valence-electron chi connectivity index (χ0n) is 6.64. The molecule has 10 heavy (non-hydrogen) atoms. The van der Waals surface area contributed by atoms with Gasteiger partial charge in [0.05, 0.1) is 6.10 Å². The van der Waals surface area contributed by atoms with Crippen molar-refractivity contribution in [2.45, 2.75) is 44.8 Å². The fourth-order valence-electron chi connectivity index (χ4n) is 1.50. The number of hydrogen-bond donors (Lipinski definition) is 2. The Kier molecular flexibility index (Phi) is 3.16. The van der Waals surface area contributed by atoms with Crippen LogP contribution in [0.15, 0.2) is 0 Å². The topological polar surface area (TPSA) is 32.3 Å². The van der Waals surface area contributed by atoms with Gasteiger partial charge in [0.2, 0.25) is 0 Å². The normalized spacial score (nSPS) is 34.2. The van der Waals surface area contributed by atoms with E-state index >= 15 is 0 Å². The minimum absolute atomic E-state index is 0.0897. The van der Waals surface area contributed by atoms with Crippen LogP contribution in [0.4, 0.5) is 0 Å². The van der Waals surface area contributed by atoms with Crippen LogP contribution in [0.5, 0.6) is 0 Å². The second-order valence-electron chi connectivity index (χ2n) is 3.13. The van der Waals surface area contributed by atoms with Crippen molar-refractivity contribution in [2.75, 3.05) is 6.54 Å². The molecule has 0 aromatic carbocycles. The van der Waals surface area contributed by atoms with Crippen LogP contribution in [0.25, 0.3) is 0 Å². The van der Waals surface area contributed by atoms with E-state index in [2.05, 4.69) is 12.2 Å². The van der Waals surface area contributed by atoms with Crippen molar-refractivity contribution in [1.82, 2.24) is 5.32 Å². The van der Waals surface area contributed by atoms with Crippen LogP contribution in [-0.2, 0) is 0 Å². The van der Waals surface area contributed by atoms with Gasteiger partial charge in [-0.1, -0.05) is 13.3 Å². The SMILES string of the molecule is CCC[C@H]1CC[C@H](O)CN1. The molecule has 1 rings (SSSR count). The first-order valence-electron chi connectivity index (χ1n) is 4.24. The molecule has 2 nitrogen and oxygen atoms in total. The average molecular weight is 143 g/mol. The van der Waals surface area contributed by atoms with Crippen LogP contribution in [-0.4, -0.2) is 23.8 Å². The van der Waals surface area contributed by atoms with Gasteiger partial charge in [0.1, 0.15) is 0 Å². The van der Waals surface area contributed by atoms with E-state index in [4.69, 9.17) is 5.11 Å². The highest BCUT2D eigenvalue weighted by atomic mass is 16.3.